The Hall–Kier alpha value is -2.84. The minimum atomic E-state index is -1.51. The Labute approximate surface area is 142 Å². The fourth-order valence-electron chi connectivity index (χ4n) is 2.17. The van der Waals surface area contributed by atoms with E-state index in [0.717, 1.165) is 7.11 Å². The molecule has 2 aromatic rings. The fraction of sp³-hybridized carbons (Fsp3) is 0.312. The fourth-order valence-corrected chi connectivity index (χ4v) is 2.17. The summed E-state index contributed by atoms with van der Waals surface area (Å²) in [5.74, 6) is -6.18. The molecule has 1 aromatic heterocycles. The smallest absolute Gasteiger partial charge is 0.316 e. The summed E-state index contributed by atoms with van der Waals surface area (Å²) in [5.41, 5.74) is 0.263. The highest BCUT2D eigenvalue weighted by molar-refractivity contribution is 6.05. The van der Waals surface area contributed by atoms with Gasteiger partial charge in [-0.15, -0.1) is 0 Å². The van der Waals surface area contributed by atoms with Gasteiger partial charge in [-0.1, -0.05) is 0 Å². The Kier molecular flexibility index (Phi) is 5.45. The van der Waals surface area contributed by atoms with E-state index in [1.807, 2.05) is 0 Å². The van der Waals surface area contributed by atoms with Crippen molar-refractivity contribution in [2.45, 2.75) is 20.8 Å². The third kappa shape index (κ3) is 3.65. The number of halogens is 3. The van der Waals surface area contributed by atoms with Gasteiger partial charge in [0.25, 0.3) is 5.91 Å². The van der Waals surface area contributed by atoms with Gasteiger partial charge < -0.3 is 14.8 Å². The Balaban J connectivity index is 2.40. The SMILES string of the molecule is CCOc1nc(C)c(NC(=O)c2cc(F)c(F)c(OC)c2F)c(C)n1. The third-order valence-electron chi connectivity index (χ3n) is 3.33. The predicted molar refractivity (Wildman–Crippen MR) is 83.5 cm³/mol. The van der Waals surface area contributed by atoms with E-state index in [4.69, 9.17) is 4.74 Å². The van der Waals surface area contributed by atoms with Crippen LogP contribution < -0.4 is 14.8 Å². The first-order chi connectivity index (χ1) is 11.8. The van der Waals surface area contributed by atoms with E-state index in [9.17, 15) is 18.0 Å². The maximum absolute atomic E-state index is 14.2. The van der Waals surface area contributed by atoms with Crippen LogP contribution in [0.1, 0.15) is 28.7 Å². The van der Waals surface area contributed by atoms with Crippen LogP contribution in [0.4, 0.5) is 18.9 Å². The van der Waals surface area contributed by atoms with Crippen molar-refractivity contribution in [2.24, 2.45) is 0 Å². The number of aryl methyl sites for hydroxylation is 2. The van der Waals surface area contributed by atoms with Crippen LogP contribution in [0.3, 0.4) is 0 Å². The normalized spacial score (nSPS) is 10.5. The van der Waals surface area contributed by atoms with Crippen LogP contribution in [-0.4, -0.2) is 29.6 Å². The van der Waals surface area contributed by atoms with E-state index in [1.165, 1.54) is 0 Å². The minimum Gasteiger partial charge on any atom is -0.491 e. The molecule has 1 heterocycles. The van der Waals surface area contributed by atoms with Crippen molar-refractivity contribution in [1.29, 1.82) is 0 Å². The number of nitrogens with zero attached hydrogens (tertiary/aromatic N) is 2. The van der Waals surface area contributed by atoms with Crippen LogP contribution in [0.25, 0.3) is 0 Å². The molecule has 0 radical (unpaired) electrons. The third-order valence-corrected chi connectivity index (χ3v) is 3.33. The molecule has 1 amide bonds. The largest absolute Gasteiger partial charge is 0.491 e. The van der Waals surface area contributed by atoms with Crippen LogP contribution >= 0.6 is 0 Å². The first kappa shape index (κ1) is 18.5. The molecule has 6 nitrogen and oxygen atoms in total. The summed E-state index contributed by atoms with van der Waals surface area (Å²) in [5, 5.41) is 2.40. The highest BCUT2D eigenvalue weighted by Crippen LogP contribution is 2.28. The molecule has 1 N–H and O–H groups in total. The van der Waals surface area contributed by atoms with Crippen LogP contribution in [0.2, 0.25) is 0 Å². The number of aromatic nitrogens is 2. The van der Waals surface area contributed by atoms with Gasteiger partial charge in [0.05, 0.1) is 36.4 Å². The van der Waals surface area contributed by atoms with E-state index >= 15 is 0 Å². The summed E-state index contributed by atoms with van der Waals surface area (Å²) < 4.78 is 50.9. The lowest BCUT2D eigenvalue weighted by molar-refractivity contribution is 0.102. The molecule has 134 valence electrons. The zero-order valence-corrected chi connectivity index (χ0v) is 14.0. The van der Waals surface area contributed by atoms with Gasteiger partial charge in [0.1, 0.15) is 0 Å². The number of carbonyl (C=O) groups excluding carboxylic acids is 1. The van der Waals surface area contributed by atoms with E-state index in [0.29, 0.717) is 24.1 Å². The van der Waals surface area contributed by atoms with Crippen LogP contribution in [-0.2, 0) is 0 Å². The lowest BCUT2D eigenvalue weighted by atomic mass is 10.1. The summed E-state index contributed by atoms with van der Waals surface area (Å²) in [6, 6.07) is 0.596. The predicted octanol–water partition coefficient (Wildman–Crippen LogP) is 3.17. The van der Waals surface area contributed by atoms with Crippen LogP contribution in [0.15, 0.2) is 6.07 Å². The Bertz CT molecular complexity index is 805. The summed E-state index contributed by atoms with van der Waals surface area (Å²) in [4.78, 5) is 20.4. The van der Waals surface area contributed by atoms with E-state index in [2.05, 4.69) is 20.0 Å². The highest BCUT2D eigenvalue weighted by Gasteiger charge is 2.24. The number of ether oxygens (including phenoxy) is 2. The average Bonchev–Trinajstić information content (AvgIpc) is 2.55. The molecular formula is C16H16F3N3O3. The van der Waals surface area contributed by atoms with Crippen molar-refractivity contribution >= 4 is 11.6 Å². The molecule has 0 aliphatic rings. The topological polar surface area (TPSA) is 73.3 Å². The quantitative estimate of drug-likeness (QED) is 0.834. The summed E-state index contributed by atoms with van der Waals surface area (Å²) in [6.45, 7) is 5.32. The number of benzene rings is 1. The molecule has 0 bridgehead atoms. The number of methoxy groups -OCH3 is 1. The summed E-state index contributed by atoms with van der Waals surface area (Å²) in [7, 11) is 0.969. The van der Waals surface area contributed by atoms with Gasteiger partial charge in [0, 0.05) is 0 Å². The molecule has 25 heavy (non-hydrogen) atoms. The van der Waals surface area contributed by atoms with Gasteiger partial charge in [-0.2, -0.15) is 14.4 Å². The molecular weight excluding hydrogens is 339 g/mol. The number of nitrogens with one attached hydrogen (secondary N) is 1. The molecule has 0 saturated heterocycles. The van der Waals surface area contributed by atoms with E-state index in [1.54, 1.807) is 20.8 Å². The molecule has 0 spiro atoms. The standard InChI is InChI=1S/C16H16F3N3O3/c1-5-25-16-20-7(2)13(8(3)21-16)22-15(23)9-6-10(17)12(19)14(24-4)11(9)18/h6H,5H2,1-4H3,(H,22,23). The van der Waals surface area contributed by atoms with Gasteiger partial charge in [0.15, 0.2) is 17.4 Å². The highest BCUT2D eigenvalue weighted by atomic mass is 19.2. The zero-order valence-electron chi connectivity index (χ0n) is 14.0. The molecule has 0 atom stereocenters. The van der Waals surface area contributed by atoms with Crippen molar-refractivity contribution in [3.63, 3.8) is 0 Å². The van der Waals surface area contributed by atoms with Gasteiger partial charge in [-0.05, 0) is 26.8 Å². The van der Waals surface area contributed by atoms with Crippen molar-refractivity contribution in [3.8, 4) is 11.8 Å². The lowest BCUT2D eigenvalue weighted by Crippen LogP contribution is -2.18. The van der Waals surface area contributed by atoms with E-state index < -0.39 is 34.7 Å². The summed E-state index contributed by atoms with van der Waals surface area (Å²) in [6.07, 6.45) is 0. The van der Waals surface area contributed by atoms with Crippen molar-refractivity contribution in [1.82, 2.24) is 9.97 Å². The number of hydrogen-bond acceptors (Lipinski definition) is 5. The van der Waals surface area contributed by atoms with Gasteiger partial charge in [-0.25, -0.2) is 8.78 Å². The Morgan fingerprint density at radius 1 is 1.16 bits per heavy atom. The van der Waals surface area contributed by atoms with Gasteiger partial charge in [0.2, 0.25) is 5.82 Å². The van der Waals surface area contributed by atoms with Gasteiger partial charge >= 0.3 is 6.01 Å². The molecule has 0 fully saturated rings. The number of rotatable bonds is 5. The first-order valence-corrected chi connectivity index (χ1v) is 7.31. The van der Waals surface area contributed by atoms with Crippen LogP contribution in [0.5, 0.6) is 11.8 Å². The second-order valence-electron chi connectivity index (χ2n) is 5.01. The molecule has 9 heteroatoms. The monoisotopic (exact) mass is 355 g/mol. The first-order valence-electron chi connectivity index (χ1n) is 7.31. The molecule has 0 aliphatic carbocycles. The molecule has 0 saturated carbocycles. The number of amides is 1. The Morgan fingerprint density at radius 2 is 1.76 bits per heavy atom. The van der Waals surface area contributed by atoms with Crippen molar-refractivity contribution in [3.05, 3.63) is 40.5 Å². The maximum atomic E-state index is 14.2. The van der Waals surface area contributed by atoms with E-state index in [-0.39, 0.29) is 11.7 Å². The summed E-state index contributed by atoms with van der Waals surface area (Å²) >= 11 is 0. The van der Waals surface area contributed by atoms with Crippen molar-refractivity contribution < 1.29 is 27.4 Å². The lowest BCUT2D eigenvalue weighted by Gasteiger charge is -2.13. The Morgan fingerprint density at radius 3 is 2.28 bits per heavy atom. The minimum absolute atomic E-state index is 0.135. The van der Waals surface area contributed by atoms with Crippen molar-refractivity contribution in [2.75, 3.05) is 19.0 Å². The van der Waals surface area contributed by atoms with Crippen LogP contribution in [0, 0.1) is 31.3 Å². The molecule has 1 aromatic carbocycles. The second-order valence-corrected chi connectivity index (χ2v) is 5.01. The number of hydrogen-bond donors (Lipinski definition) is 1. The molecule has 2 rings (SSSR count). The second kappa shape index (κ2) is 7.37. The number of carbonyl (C=O) groups is 1. The zero-order chi connectivity index (χ0) is 18.7. The molecule has 0 unspecified atom stereocenters. The maximum Gasteiger partial charge on any atom is 0.316 e. The van der Waals surface area contributed by atoms with Gasteiger partial charge in [-0.3, -0.25) is 4.79 Å². The molecule has 0 aliphatic heterocycles. The number of anilines is 1. The average molecular weight is 355 g/mol.